The second-order valence-corrected chi connectivity index (χ2v) is 10.2. The summed E-state index contributed by atoms with van der Waals surface area (Å²) in [7, 11) is -1.53. The summed E-state index contributed by atoms with van der Waals surface area (Å²) in [5, 5.41) is 23.2. The number of furan rings is 2. The Labute approximate surface area is 254 Å². The van der Waals surface area contributed by atoms with Crippen molar-refractivity contribution in [3.8, 4) is 11.3 Å². The van der Waals surface area contributed by atoms with Gasteiger partial charge in [-0.25, -0.2) is 8.78 Å². The third kappa shape index (κ3) is 6.30. The number of halogens is 3. The molecule has 2 N–H and O–H groups in total. The zero-order chi connectivity index (χ0) is 30.6. The molecule has 0 aliphatic heterocycles. The van der Waals surface area contributed by atoms with E-state index in [4.69, 9.17) is 30.5 Å². The van der Waals surface area contributed by atoms with Crippen LogP contribution in [0.3, 0.4) is 0 Å². The summed E-state index contributed by atoms with van der Waals surface area (Å²) in [4.78, 5) is 8.09. The Hall–Kier alpha value is -5.09. The van der Waals surface area contributed by atoms with Crippen LogP contribution in [0.5, 0.6) is 0 Å². The molecule has 0 aliphatic rings. The standard InChI is InChI=1S/C17H10FNO.C9H5ClFN.C8H7BO3/c18-13-6-5-12-9-19-10-15(14(12)8-13)17-7-11-3-1-2-4-16(11)20-17;10-9-5-12-4-6-1-2-7(11)3-8(6)9;10-9(11)8-5-6-3-1-2-4-7(6)12-8/h1-10H;1-5H;1-5,10-11H. The van der Waals surface area contributed by atoms with Crippen LogP contribution in [0.2, 0.25) is 5.02 Å². The number of benzene rings is 4. The highest BCUT2D eigenvalue weighted by Crippen LogP contribution is 2.32. The molecule has 0 fully saturated rings. The van der Waals surface area contributed by atoms with Crippen LogP contribution < -0.4 is 5.66 Å². The summed E-state index contributed by atoms with van der Waals surface area (Å²) >= 11 is 5.80. The third-order valence-electron chi connectivity index (χ3n) is 6.79. The molecule has 0 bridgehead atoms. The fourth-order valence-electron chi connectivity index (χ4n) is 4.68. The van der Waals surface area contributed by atoms with Gasteiger partial charge in [0.05, 0.1) is 5.02 Å². The van der Waals surface area contributed by atoms with Gasteiger partial charge in [0.1, 0.15) is 34.2 Å². The van der Waals surface area contributed by atoms with Gasteiger partial charge in [-0.15, -0.1) is 0 Å². The second-order valence-electron chi connectivity index (χ2n) is 9.75. The summed E-state index contributed by atoms with van der Waals surface area (Å²) in [6.07, 6.45) is 6.59. The number of hydrogen-bond acceptors (Lipinski definition) is 6. The molecule has 216 valence electrons. The number of pyridine rings is 2. The van der Waals surface area contributed by atoms with Crippen LogP contribution in [0.25, 0.3) is 54.8 Å². The topological polar surface area (TPSA) is 92.5 Å². The molecule has 6 nitrogen and oxygen atoms in total. The van der Waals surface area contributed by atoms with Crippen molar-refractivity contribution < 1.29 is 27.7 Å². The molecule has 4 heterocycles. The van der Waals surface area contributed by atoms with Crippen LogP contribution in [0, 0.1) is 11.6 Å². The molecule has 44 heavy (non-hydrogen) atoms. The molecule has 4 aromatic carbocycles. The van der Waals surface area contributed by atoms with Crippen molar-refractivity contribution in [2.24, 2.45) is 0 Å². The molecule has 0 aliphatic carbocycles. The average molecular weight is 607 g/mol. The first-order valence-electron chi connectivity index (χ1n) is 13.4. The monoisotopic (exact) mass is 606 g/mol. The van der Waals surface area contributed by atoms with Gasteiger partial charge in [-0.2, -0.15) is 0 Å². The van der Waals surface area contributed by atoms with Crippen LogP contribution in [-0.2, 0) is 0 Å². The molecular weight excluding hydrogens is 585 g/mol. The zero-order valence-corrected chi connectivity index (χ0v) is 23.6. The van der Waals surface area contributed by atoms with E-state index in [2.05, 4.69) is 9.97 Å². The highest BCUT2D eigenvalue weighted by Gasteiger charge is 2.16. The molecule has 0 spiro atoms. The molecule has 0 amide bonds. The fourth-order valence-corrected chi connectivity index (χ4v) is 4.90. The van der Waals surface area contributed by atoms with Crippen molar-refractivity contribution in [2.75, 3.05) is 0 Å². The predicted molar refractivity (Wildman–Crippen MR) is 170 cm³/mol. The Bertz CT molecular complexity index is 2170. The molecule has 0 atom stereocenters. The van der Waals surface area contributed by atoms with Crippen LogP contribution in [0.1, 0.15) is 0 Å². The van der Waals surface area contributed by atoms with E-state index in [0.717, 1.165) is 38.1 Å². The maximum atomic E-state index is 13.5. The van der Waals surface area contributed by atoms with Gasteiger partial charge in [0, 0.05) is 57.3 Å². The van der Waals surface area contributed by atoms with Crippen molar-refractivity contribution in [1.29, 1.82) is 0 Å². The number of para-hydroxylation sites is 2. The second kappa shape index (κ2) is 12.6. The normalized spacial score (nSPS) is 10.8. The lowest BCUT2D eigenvalue weighted by molar-refractivity contribution is 0.412. The van der Waals surface area contributed by atoms with Gasteiger partial charge in [0.25, 0.3) is 0 Å². The molecular formula is C34H22BClF2N2O4. The third-order valence-corrected chi connectivity index (χ3v) is 7.09. The van der Waals surface area contributed by atoms with Crippen molar-refractivity contribution in [2.45, 2.75) is 0 Å². The van der Waals surface area contributed by atoms with E-state index in [1.807, 2.05) is 48.5 Å². The highest BCUT2D eigenvalue weighted by atomic mass is 35.5. The number of fused-ring (bicyclic) bond motifs is 4. The van der Waals surface area contributed by atoms with Gasteiger partial charge in [-0.1, -0.05) is 48.0 Å². The van der Waals surface area contributed by atoms with Crippen LogP contribution in [0.15, 0.2) is 131 Å². The average Bonchev–Trinajstić information content (AvgIpc) is 3.67. The van der Waals surface area contributed by atoms with Crippen molar-refractivity contribution in [3.63, 3.8) is 0 Å². The summed E-state index contributed by atoms with van der Waals surface area (Å²) in [5.41, 5.74) is 2.46. The van der Waals surface area contributed by atoms with Gasteiger partial charge < -0.3 is 18.9 Å². The fraction of sp³-hybridized carbons (Fsp3) is 0. The smallest absolute Gasteiger partial charge is 0.465 e. The minimum Gasteiger partial charge on any atom is -0.465 e. The Kier molecular flexibility index (Phi) is 8.34. The lowest BCUT2D eigenvalue weighted by Gasteiger charge is -2.03. The van der Waals surface area contributed by atoms with Crippen molar-refractivity contribution >= 4 is 67.9 Å². The van der Waals surface area contributed by atoms with Gasteiger partial charge >= 0.3 is 7.12 Å². The minimum absolute atomic E-state index is 0.177. The van der Waals surface area contributed by atoms with Crippen LogP contribution in [-0.4, -0.2) is 27.1 Å². The first-order valence-corrected chi connectivity index (χ1v) is 13.8. The lowest BCUT2D eigenvalue weighted by atomic mass is 9.88. The molecule has 8 rings (SSSR count). The number of rotatable bonds is 2. The van der Waals surface area contributed by atoms with E-state index >= 15 is 0 Å². The maximum Gasteiger partial charge on any atom is 0.526 e. The Balaban J connectivity index is 0.000000124. The van der Waals surface area contributed by atoms with E-state index in [1.54, 1.807) is 42.9 Å². The van der Waals surface area contributed by atoms with Gasteiger partial charge in [-0.05, 0) is 66.0 Å². The summed E-state index contributed by atoms with van der Waals surface area (Å²) in [6.45, 7) is 0. The van der Waals surface area contributed by atoms with Crippen LogP contribution >= 0.6 is 11.6 Å². The summed E-state index contributed by atoms with van der Waals surface area (Å²) in [5.74, 6) is 0.159. The van der Waals surface area contributed by atoms with E-state index in [1.165, 1.54) is 30.5 Å². The first kappa shape index (κ1) is 29.0. The van der Waals surface area contributed by atoms with E-state index in [0.29, 0.717) is 21.8 Å². The lowest BCUT2D eigenvalue weighted by Crippen LogP contribution is -2.27. The highest BCUT2D eigenvalue weighted by molar-refractivity contribution is 6.57. The molecule has 10 heteroatoms. The molecule has 0 saturated carbocycles. The largest absolute Gasteiger partial charge is 0.526 e. The van der Waals surface area contributed by atoms with Gasteiger partial charge in [-0.3, -0.25) is 9.97 Å². The first-order chi connectivity index (χ1) is 21.4. The Morgan fingerprint density at radius 2 is 1.16 bits per heavy atom. The summed E-state index contributed by atoms with van der Waals surface area (Å²) in [6, 6.07) is 27.8. The van der Waals surface area contributed by atoms with E-state index < -0.39 is 7.12 Å². The Morgan fingerprint density at radius 3 is 1.80 bits per heavy atom. The molecule has 8 aromatic rings. The number of nitrogens with zero attached hydrogens (tertiary/aromatic N) is 2. The number of hydrogen-bond donors (Lipinski definition) is 2. The maximum absolute atomic E-state index is 13.5. The molecule has 0 saturated heterocycles. The minimum atomic E-state index is -1.53. The molecule has 0 unspecified atom stereocenters. The van der Waals surface area contributed by atoms with Gasteiger partial charge in [0.2, 0.25) is 0 Å². The number of aromatic nitrogens is 2. The zero-order valence-electron chi connectivity index (χ0n) is 22.9. The SMILES string of the molecule is Fc1ccc2cncc(-c3cc4ccccc4o3)c2c1.Fc1ccc2cncc(Cl)c2c1.OB(O)c1cc2ccccc2o1. The van der Waals surface area contributed by atoms with E-state index in [-0.39, 0.29) is 17.3 Å². The quantitative estimate of drug-likeness (QED) is 0.194. The predicted octanol–water partition coefficient (Wildman–Crippen LogP) is 7.93. The molecule has 0 radical (unpaired) electrons. The van der Waals surface area contributed by atoms with Crippen molar-refractivity contribution in [1.82, 2.24) is 9.97 Å². The summed E-state index contributed by atoms with van der Waals surface area (Å²) < 4.78 is 37.2. The van der Waals surface area contributed by atoms with Crippen LogP contribution in [0.4, 0.5) is 8.78 Å². The van der Waals surface area contributed by atoms with Gasteiger partial charge in [0.15, 0.2) is 0 Å². The van der Waals surface area contributed by atoms with E-state index in [9.17, 15) is 8.78 Å². The Morgan fingerprint density at radius 1 is 0.591 bits per heavy atom. The van der Waals surface area contributed by atoms with Crippen molar-refractivity contribution in [3.05, 3.63) is 139 Å². The molecule has 4 aromatic heterocycles.